The number of nitrogens with one attached hydrogen (secondary N) is 1. The molecular weight excluding hydrogens is 164 g/mol. The van der Waals surface area contributed by atoms with Crippen LogP contribution in [-0.4, -0.2) is 37.7 Å². The summed E-state index contributed by atoms with van der Waals surface area (Å²) in [6.07, 6.45) is 2.72. The molecule has 0 unspecified atom stereocenters. The largest absolute Gasteiger partial charge is 0.311 e. The van der Waals surface area contributed by atoms with Crippen LogP contribution in [0.3, 0.4) is 0 Å². The van der Waals surface area contributed by atoms with E-state index in [1.807, 2.05) is 6.92 Å². The van der Waals surface area contributed by atoms with Crippen LogP contribution in [-0.2, 0) is 4.79 Å². The summed E-state index contributed by atoms with van der Waals surface area (Å²) in [5, 5.41) is 2.94. The molecule has 0 saturated heterocycles. The second-order valence-electron chi connectivity index (χ2n) is 4.17. The van der Waals surface area contributed by atoms with Gasteiger partial charge >= 0.3 is 0 Å². The van der Waals surface area contributed by atoms with Crippen molar-refractivity contribution >= 4 is 5.91 Å². The predicted molar refractivity (Wildman–Crippen MR) is 55.2 cm³/mol. The average Bonchev–Trinajstić information content (AvgIpc) is 2.02. The molecule has 0 aromatic heterocycles. The number of hydrogen-bond acceptors (Lipinski definition) is 1. The molecule has 0 spiro atoms. The maximum atomic E-state index is 11.2. The molecule has 78 valence electrons. The second kappa shape index (κ2) is 5.97. The van der Waals surface area contributed by atoms with Crippen LogP contribution in [0.25, 0.3) is 0 Å². The van der Waals surface area contributed by atoms with Gasteiger partial charge in [-0.3, -0.25) is 4.79 Å². The molecule has 3 heteroatoms. The smallest absolute Gasteiger partial charge is 0.224 e. The van der Waals surface area contributed by atoms with Gasteiger partial charge in [-0.1, -0.05) is 13.8 Å². The van der Waals surface area contributed by atoms with Crippen molar-refractivity contribution in [3.8, 4) is 0 Å². The Morgan fingerprint density at radius 3 is 2.31 bits per heavy atom. The van der Waals surface area contributed by atoms with E-state index in [-0.39, 0.29) is 5.91 Å². The number of nitrogens with zero attached hydrogens (tertiary/aromatic N) is 1. The van der Waals surface area contributed by atoms with Gasteiger partial charge in [0.2, 0.25) is 5.91 Å². The van der Waals surface area contributed by atoms with E-state index in [9.17, 15) is 4.79 Å². The summed E-state index contributed by atoms with van der Waals surface area (Å²) in [7, 11) is 4.27. The Balaban J connectivity index is 3.67. The van der Waals surface area contributed by atoms with Crippen LogP contribution in [0.15, 0.2) is 0 Å². The van der Waals surface area contributed by atoms with Crippen LogP contribution in [0.2, 0.25) is 0 Å². The first kappa shape index (κ1) is 12.4. The van der Waals surface area contributed by atoms with Gasteiger partial charge in [0.15, 0.2) is 6.67 Å². The van der Waals surface area contributed by atoms with E-state index in [0.29, 0.717) is 6.42 Å². The van der Waals surface area contributed by atoms with E-state index in [1.165, 1.54) is 0 Å². The van der Waals surface area contributed by atoms with Crippen molar-refractivity contribution in [2.24, 2.45) is 0 Å². The lowest BCUT2D eigenvalue weighted by molar-refractivity contribution is -0.892. The molecule has 0 bridgehead atoms. The summed E-state index contributed by atoms with van der Waals surface area (Å²) in [4.78, 5) is 11.2. The number of amides is 1. The predicted octanol–water partition coefficient (Wildman–Crippen LogP) is 1.35. The van der Waals surface area contributed by atoms with Gasteiger partial charge in [0.1, 0.15) is 0 Å². The third-order valence-corrected chi connectivity index (χ3v) is 2.01. The Hall–Kier alpha value is -0.570. The summed E-state index contributed by atoms with van der Waals surface area (Å²) < 4.78 is 0.867. The van der Waals surface area contributed by atoms with Gasteiger partial charge in [-0.2, -0.15) is 0 Å². The fourth-order valence-corrected chi connectivity index (χ4v) is 1.30. The van der Waals surface area contributed by atoms with Crippen LogP contribution in [0.4, 0.5) is 0 Å². The van der Waals surface area contributed by atoms with E-state index in [1.54, 1.807) is 0 Å². The zero-order valence-electron chi connectivity index (χ0n) is 9.39. The van der Waals surface area contributed by atoms with Crippen LogP contribution in [0.5, 0.6) is 0 Å². The van der Waals surface area contributed by atoms with Gasteiger partial charge in [0.25, 0.3) is 0 Å². The van der Waals surface area contributed by atoms with Crippen molar-refractivity contribution in [1.82, 2.24) is 5.32 Å². The number of quaternary nitrogens is 1. The van der Waals surface area contributed by atoms with Gasteiger partial charge < -0.3 is 9.80 Å². The maximum absolute atomic E-state index is 11.2. The highest BCUT2D eigenvalue weighted by Crippen LogP contribution is 1.96. The van der Waals surface area contributed by atoms with Crippen LogP contribution in [0.1, 0.15) is 33.1 Å². The molecule has 0 aromatic carbocycles. The maximum Gasteiger partial charge on any atom is 0.224 e. The minimum Gasteiger partial charge on any atom is -0.311 e. The number of hydrogen-bond donors (Lipinski definition) is 1. The summed E-state index contributed by atoms with van der Waals surface area (Å²) >= 11 is 0. The molecule has 0 aliphatic heterocycles. The van der Waals surface area contributed by atoms with Crippen LogP contribution in [0, 0.1) is 0 Å². The third-order valence-electron chi connectivity index (χ3n) is 2.01. The van der Waals surface area contributed by atoms with Gasteiger partial charge in [-0.05, 0) is 12.8 Å². The van der Waals surface area contributed by atoms with Gasteiger partial charge in [0.05, 0.1) is 20.6 Å². The highest BCUT2D eigenvalue weighted by Gasteiger charge is 2.13. The third kappa shape index (κ3) is 6.58. The zero-order chi connectivity index (χ0) is 10.3. The summed E-state index contributed by atoms with van der Waals surface area (Å²) in [5.74, 6) is 0.171. The lowest BCUT2D eigenvalue weighted by Crippen LogP contribution is -2.48. The van der Waals surface area contributed by atoms with E-state index < -0.39 is 0 Å². The van der Waals surface area contributed by atoms with E-state index in [2.05, 4.69) is 26.3 Å². The number of carbonyl (C=O) groups is 1. The standard InChI is InChI=1S/C10H22N2O/c1-5-7-10(13)11-9-12(3,4)8-6-2/h5-9H2,1-4H3/p+1. The highest BCUT2D eigenvalue weighted by atomic mass is 16.1. The molecular formula is C10H23N2O+. The quantitative estimate of drug-likeness (QED) is 0.493. The Morgan fingerprint density at radius 1 is 1.23 bits per heavy atom. The molecule has 0 heterocycles. The lowest BCUT2D eigenvalue weighted by atomic mass is 10.3. The zero-order valence-corrected chi connectivity index (χ0v) is 9.39. The minimum absolute atomic E-state index is 0.171. The van der Waals surface area contributed by atoms with Crippen molar-refractivity contribution in [2.75, 3.05) is 27.3 Å². The fourth-order valence-electron chi connectivity index (χ4n) is 1.30. The van der Waals surface area contributed by atoms with Gasteiger partial charge in [-0.25, -0.2) is 0 Å². The Labute approximate surface area is 81.7 Å². The summed E-state index contributed by atoms with van der Waals surface area (Å²) in [6.45, 7) is 6.03. The Morgan fingerprint density at radius 2 is 1.85 bits per heavy atom. The first-order chi connectivity index (χ1) is 6.02. The molecule has 1 amide bonds. The molecule has 13 heavy (non-hydrogen) atoms. The van der Waals surface area contributed by atoms with Gasteiger partial charge in [0, 0.05) is 6.42 Å². The normalized spacial score (nSPS) is 11.4. The van der Waals surface area contributed by atoms with Crippen molar-refractivity contribution in [3.05, 3.63) is 0 Å². The number of carbonyl (C=O) groups excluding carboxylic acids is 1. The topological polar surface area (TPSA) is 29.1 Å². The number of rotatable bonds is 6. The van der Waals surface area contributed by atoms with Crippen molar-refractivity contribution < 1.29 is 9.28 Å². The fraction of sp³-hybridized carbons (Fsp3) is 0.900. The van der Waals surface area contributed by atoms with Gasteiger partial charge in [-0.15, -0.1) is 0 Å². The molecule has 0 aromatic rings. The highest BCUT2D eigenvalue weighted by molar-refractivity contribution is 5.75. The van der Waals surface area contributed by atoms with Crippen molar-refractivity contribution in [3.63, 3.8) is 0 Å². The molecule has 0 fully saturated rings. The minimum atomic E-state index is 0.171. The lowest BCUT2D eigenvalue weighted by Gasteiger charge is -2.29. The molecule has 0 atom stereocenters. The van der Waals surface area contributed by atoms with E-state index >= 15 is 0 Å². The first-order valence-corrected chi connectivity index (χ1v) is 5.10. The Kier molecular flexibility index (Phi) is 5.71. The molecule has 0 saturated carbocycles. The average molecular weight is 187 g/mol. The van der Waals surface area contributed by atoms with E-state index in [4.69, 9.17) is 0 Å². The summed E-state index contributed by atoms with van der Waals surface area (Å²) in [5.41, 5.74) is 0. The van der Waals surface area contributed by atoms with Crippen LogP contribution < -0.4 is 5.32 Å². The molecule has 0 rings (SSSR count). The molecule has 1 N–H and O–H groups in total. The monoisotopic (exact) mass is 187 g/mol. The second-order valence-corrected chi connectivity index (χ2v) is 4.17. The molecule has 3 nitrogen and oxygen atoms in total. The molecule has 0 radical (unpaired) electrons. The van der Waals surface area contributed by atoms with Crippen molar-refractivity contribution in [1.29, 1.82) is 0 Å². The van der Waals surface area contributed by atoms with E-state index in [0.717, 1.165) is 30.5 Å². The molecule has 0 aliphatic carbocycles. The van der Waals surface area contributed by atoms with Crippen LogP contribution >= 0.6 is 0 Å². The summed E-state index contributed by atoms with van der Waals surface area (Å²) in [6, 6.07) is 0. The van der Waals surface area contributed by atoms with Crippen molar-refractivity contribution in [2.45, 2.75) is 33.1 Å². The first-order valence-electron chi connectivity index (χ1n) is 5.10. The SMILES string of the molecule is CCCC(=O)NC[N+](C)(C)CCC. The molecule has 0 aliphatic rings. The Bertz CT molecular complexity index is 155.